The fraction of sp³-hybridized carbons (Fsp3) is 0.241. The molecule has 0 aliphatic rings. The molecule has 0 spiro atoms. The number of hydrogen-bond donors (Lipinski definition) is 2. The summed E-state index contributed by atoms with van der Waals surface area (Å²) in [6, 6.07) is 22.1. The Balaban J connectivity index is 1.38. The Morgan fingerprint density at radius 1 is 0.974 bits per heavy atom. The molecular formula is C29H31ClN4O3S. The Hall–Kier alpha value is -3.46. The fourth-order valence-corrected chi connectivity index (χ4v) is 6.03. The second kappa shape index (κ2) is 12.4. The number of benzene rings is 3. The summed E-state index contributed by atoms with van der Waals surface area (Å²) in [5.74, 6) is -0.348. The van der Waals surface area contributed by atoms with Crippen molar-refractivity contribution in [1.29, 1.82) is 0 Å². The lowest BCUT2D eigenvalue weighted by Gasteiger charge is -2.23. The zero-order valence-electron chi connectivity index (χ0n) is 21.4. The van der Waals surface area contributed by atoms with E-state index in [0.29, 0.717) is 30.1 Å². The number of fused-ring (bicyclic) bond motifs is 1. The molecule has 0 radical (unpaired) electrons. The van der Waals surface area contributed by atoms with Gasteiger partial charge in [0.25, 0.3) is 0 Å². The van der Waals surface area contributed by atoms with E-state index in [0.717, 1.165) is 27.7 Å². The molecule has 0 atom stereocenters. The maximum absolute atomic E-state index is 13.6. The van der Waals surface area contributed by atoms with Crippen molar-refractivity contribution >= 4 is 44.1 Å². The average molecular weight is 551 g/mol. The van der Waals surface area contributed by atoms with Crippen molar-refractivity contribution in [2.24, 2.45) is 0 Å². The van der Waals surface area contributed by atoms with Crippen LogP contribution in [0.4, 0.5) is 5.69 Å². The number of aryl methyl sites for hydroxylation is 2. The number of rotatable bonds is 11. The number of nitrogens with one attached hydrogen (secondary N) is 2. The number of hydrogen-bond acceptors (Lipinski definition) is 5. The van der Waals surface area contributed by atoms with Gasteiger partial charge in [0, 0.05) is 41.9 Å². The van der Waals surface area contributed by atoms with Crippen LogP contribution in [-0.2, 0) is 21.4 Å². The Morgan fingerprint density at radius 3 is 2.55 bits per heavy atom. The van der Waals surface area contributed by atoms with Crippen LogP contribution >= 0.6 is 11.6 Å². The van der Waals surface area contributed by atoms with Crippen molar-refractivity contribution in [3.63, 3.8) is 0 Å². The molecule has 0 bridgehead atoms. The molecule has 2 N–H and O–H groups in total. The van der Waals surface area contributed by atoms with Crippen LogP contribution in [-0.4, -0.2) is 43.2 Å². The third-order valence-electron chi connectivity index (χ3n) is 6.18. The van der Waals surface area contributed by atoms with Crippen LogP contribution < -0.4 is 10.6 Å². The van der Waals surface area contributed by atoms with Gasteiger partial charge in [0.15, 0.2) is 0 Å². The summed E-state index contributed by atoms with van der Waals surface area (Å²) in [6.45, 7) is 4.48. The van der Waals surface area contributed by atoms with Gasteiger partial charge in [-0.05, 0) is 67.3 Å². The van der Waals surface area contributed by atoms with E-state index in [1.165, 1.54) is 4.31 Å². The molecule has 198 valence electrons. The molecule has 1 aromatic heterocycles. The van der Waals surface area contributed by atoms with Crippen LogP contribution in [0.1, 0.15) is 23.1 Å². The summed E-state index contributed by atoms with van der Waals surface area (Å²) in [5.41, 5.74) is 4.04. The molecular weight excluding hydrogens is 520 g/mol. The van der Waals surface area contributed by atoms with Crippen LogP contribution in [0.5, 0.6) is 0 Å². The second-order valence-corrected chi connectivity index (χ2v) is 11.5. The Bertz CT molecular complexity index is 1530. The molecule has 4 aromatic rings. The van der Waals surface area contributed by atoms with E-state index in [2.05, 4.69) is 15.6 Å². The highest BCUT2D eigenvalue weighted by atomic mass is 35.5. The highest BCUT2D eigenvalue weighted by molar-refractivity contribution is 7.89. The van der Waals surface area contributed by atoms with Gasteiger partial charge in [-0.2, -0.15) is 4.31 Å². The van der Waals surface area contributed by atoms with E-state index >= 15 is 0 Å². The summed E-state index contributed by atoms with van der Waals surface area (Å²) in [6.07, 6.45) is 2.38. The maximum Gasteiger partial charge on any atom is 0.244 e. The number of amides is 1. The SMILES string of the molecule is Cc1ccc(C)c(S(=O)(=O)N(CC(=O)NCCCNc2ccnc3cc(Cl)ccc23)Cc2ccccc2)c1. The predicted molar refractivity (Wildman–Crippen MR) is 153 cm³/mol. The van der Waals surface area contributed by atoms with E-state index in [9.17, 15) is 13.2 Å². The number of pyridine rings is 1. The first kappa shape index (κ1) is 27.6. The van der Waals surface area contributed by atoms with E-state index in [4.69, 9.17) is 11.6 Å². The minimum absolute atomic E-state index is 0.102. The van der Waals surface area contributed by atoms with E-state index in [1.54, 1.807) is 25.3 Å². The molecule has 38 heavy (non-hydrogen) atoms. The van der Waals surface area contributed by atoms with Crippen LogP contribution in [0.2, 0.25) is 5.02 Å². The minimum Gasteiger partial charge on any atom is -0.384 e. The first-order valence-corrected chi connectivity index (χ1v) is 14.2. The normalized spacial score (nSPS) is 11.6. The molecule has 4 rings (SSSR count). The number of halogens is 1. The second-order valence-electron chi connectivity index (χ2n) is 9.18. The van der Waals surface area contributed by atoms with Crippen LogP contribution in [0, 0.1) is 13.8 Å². The molecule has 7 nitrogen and oxygen atoms in total. The fourth-order valence-electron chi connectivity index (χ4n) is 4.17. The largest absolute Gasteiger partial charge is 0.384 e. The summed E-state index contributed by atoms with van der Waals surface area (Å²) >= 11 is 6.06. The Kier molecular flexibility index (Phi) is 8.99. The number of anilines is 1. The molecule has 0 aliphatic heterocycles. The number of nitrogens with zero attached hydrogens (tertiary/aromatic N) is 2. The van der Waals surface area contributed by atoms with Crippen molar-refractivity contribution < 1.29 is 13.2 Å². The Labute approximate surface area is 228 Å². The summed E-state index contributed by atoms with van der Waals surface area (Å²) in [5, 5.41) is 7.83. The predicted octanol–water partition coefficient (Wildman–Crippen LogP) is 5.31. The molecule has 0 unspecified atom stereocenters. The van der Waals surface area contributed by atoms with Gasteiger partial charge in [-0.3, -0.25) is 9.78 Å². The molecule has 9 heteroatoms. The van der Waals surface area contributed by atoms with Gasteiger partial charge in [-0.1, -0.05) is 54.1 Å². The Morgan fingerprint density at radius 2 is 1.76 bits per heavy atom. The first-order chi connectivity index (χ1) is 18.2. The third kappa shape index (κ3) is 6.89. The molecule has 0 aliphatic carbocycles. The smallest absolute Gasteiger partial charge is 0.244 e. The van der Waals surface area contributed by atoms with Gasteiger partial charge in [0.05, 0.1) is 17.0 Å². The first-order valence-electron chi connectivity index (χ1n) is 12.4. The number of carbonyl (C=O) groups is 1. The van der Waals surface area contributed by atoms with Crippen molar-refractivity contribution in [1.82, 2.24) is 14.6 Å². The average Bonchev–Trinajstić information content (AvgIpc) is 2.90. The molecule has 1 amide bonds. The molecule has 1 heterocycles. The molecule has 0 fully saturated rings. The lowest BCUT2D eigenvalue weighted by atomic mass is 10.2. The van der Waals surface area contributed by atoms with Crippen molar-refractivity contribution in [3.8, 4) is 0 Å². The van der Waals surface area contributed by atoms with Crippen LogP contribution in [0.15, 0.2) is 83.9 Å². The van der Waals surface area contributed by atoms with Crippen molar-refractivity contribution in [2.75, 3.05) is 25.0 Å². The quantitative estimate of drug-likeness (QED) is 0.247. The third-order valence-corrected chi connectivity index (χ3v) is 8.35. The molecule has 0 saturated heterocycles. The van der Waals surface area contributed by atoms with Gasteiger partial charge < -0.3 is 10.6 Å². The van der Waals surface area contributed by atoms with Crippen LogP contribution in [0.3, 0.4) is 0 Å². The van der Waals surface area contributed by atoms with Crippen LogP contribution in [0.25, 0.3) is 10.9 Å². The lowest BCUT2D eigenvalue weighted by Crippen LogP contribution is -2.41. The standard InChI is InChI=1S/C29H31ClN4O3S/c1-21-9-10-22(2)28(17-21)38(36,37)34(19-23-7-4-3-5-8-23)20-29(35)33-15-6-14-31-26-13-16-32-27-18-24(30)11-12-25(26)27/h3-5,7-13,16-18H,6,14-15,19-20H2,1-2H3,(H,31,32)(H,33,35). The monoisotopic (exact) mass is 550 g/mol. The summed E-state index contributed by atoms with van der Waals surface area (Å²) in [4.78, 5) is 17.4. The molecule has 0 saturated carbocycles. The zero-order valence-corrected chi connectivity index (χ0v) is 23.0. The van der Waals surface area contributed by atoms with Gasteiger partial charge in [0.1, 0.15) is 0 Å². The number of aromatic nitrogens is 1. The van der Waals surface area contributed by atoms with Gasteiger partial charge in [-0.15, -0.1) is 0 Å². The number of sulfonamides is 1. The van der Waals surface area contributed by atoms with Gasteiger partial charge in [-0.25, -0.2) is 8.42 Å². The maximum atomic E-state index is 13.6. The summed E-state index contributed by atoms with van der Waals surface area (Å²) in [7, 11) is -3.90. The van der Waals surface area contributed by atoms with E-state index in [1.807, 2.05) is 67.6 Å². The lowest BCUT2D eigenvalue weighted by molar-refractivity contribution is -0.121. The molecule has 3 aromatic carbocycles. The van der Waals surface area contributed by atoms with Crippen molar-refractivity contribution in [3.05, 3.63) is 101 Å². The minimum atomic E-state index is -3.90. The topological polar surface area (TPSA) is 91.4 Å². The van der Waals surface area contributed by atoms with E-state index in [-0.39, 0.29) is 23.9 Å². The van der Waals surface area contributed by atoms with Gasteiger partial charge in [0.2, 0.25) is 15.9 Å². The highest BCUT2D eigenvalue weighted by Gasteiger charge is 2.28. The van der Waals surface area contributed by atoms with E-state index < -0.39 is 10.0 Å². The highest BCUT2D eigenvalue weighted by Crippen LogP contribution is 2.25. The van der Waals surface area contributed by atoms with Crippen molar-refractivity contribution in [2.45, 2.75) is 31.7 Å². The number of carbonyl (C=O) groups excluding carboxylic acids is 1. The zero-order chi connectivity index (χ0) is 27.1. The summed E-state index contributed by atoms with van der Waals surface area (Å²) < 4.78 is 28.5. The van der Waals surface area contributed by atoms with Gasteiger partial charge >= 0.3 is 0 Å².